The van der Waals surface area contributed by atoms with Crippen molar-refractivity contribution in [3.8, 4) is 5.75 Å². The zero-order valence-corrected chi connectivity index (χ0v) is 14.0. The van der Waals surface area contributed by atoms with Crippen molar-refractivity contribution >= 4 is 21.6 Å². The number of nitrogens with one attached hydrogen (secondary N) is 1. The predicted octanol–water partition coefficient (Wildman–Crippen LogP) is 5.04. The first-order valence-corrected chi connectivity index (χ1v) is 8.17. The summed E-state index contributed by atoms with van der Waals surface area (Å²) in [6.45, 7) is 6.06. The molecule has 2 nitrogen and oxygen atoms in total. The third-order valence-corrected chi connectivity index (χ3v) is 4.56. The molecule has 3 heteroatoms. The molecular formula is C18H20BrNO. The van der Waals surface area contributed by atoms with Crippen molar-refractivity contribution in [3.05, 3.63) is 57.6 Å². The molecular weight excluding hydrogens is 326 g/mol. The third-order valence-electron chi connectivity index (χ3n) is 4.11. The van der Waals surface area contributed by atoms with Crippen molar-refractivity contribution in [3.63, 3.8) is 0 Å². The first-order valence-electron chi connectivity index (χ1n) is 7.37. The molecule has 0 saturated carbocycles. The molecule has 1 unspecified atom stereocenters. The first kappa shape index (κ1) is 14.5. The van der Waals surface area contributed by atoms with Gasteiger partial charge in [0.1, 0.15) is 5.75 Å². The van der Waals surface area contributed by atoms with Gasteiger partial charge in [-0.05, 0) is 55.2 Å². The summed E-state index contributed by atoms with van der Waals surface area (Å²) in [6.07, 6.45) is 1.07. The molecule has 0 aliphatic carbocycles. The predicted molar refractivity (Wildman–Crippen MR) is 91.4 cm³/mol. The third kappa shape index (κ3) is 3.08. The number of halogens is 1. The lowest BCUT2D eigenvalue weighted by molar-refractivity contribution is 0.270. The molecule has 0 amide bonds. The maximum Gasteiger partial charge on any atom is 0.122 e. The van der Waals surface area contributed by atoms with E-state index >= 15 is 0 Å². The highest BCUT2D eigenvalue weighted by atomic mass is 79.9. The van der Waals surface area contributed by atoms with E-state index < -0.39 is 0 Å². The Labute approximate surface area is 134 Å². The lowest BCUT2D eigenvalue weighted by Crippen LogP contribution is -2.21. The Morgan fingerprint density at radius 3 is 2.67 bits per heavy atom. The van der Waals surface area contributed by atoms with E-state index in [9.17, 15) is 0 Å². The Hall–Kier alpha value is -1.48. The normalized spacial score (nSPS) is 17.0. The van der Waals surface area contributed by atoms with E-state index in [4.69, 9.17) is 4.74 Å². The molecule has 1 aliphatic heterocycles. The largest absolute Gasteiger partial charge is 0.493 e. The van der Waals surface area contributed by atoms with Gasteiger partial charge in [-0.25, -0.2) is 0 Å². The van der Waals surface area contributed by atoms with Gasteiger partial charge in [0.25, 0.3) is 0 Å². The fraction of sp³-hybridized carbons (Fsp3) is 0.333. The number of para-hydroxylation sites is 1. The minimum atomic E-state index is 0.511. The molecule has 110 valence electrons. The Balaban J connectivity index is 1.78. The molecule has 0 fully saturated rings. The van der Waals surface area contributed by atoms with E-state index in [1.54, 1.807) is 0 Å². The summed E-state index contributed by atoms with van der Waals surface area (Å²) in [4.78, 5) is 0. The van der Waals surface area contributed by atoms with Crippen molar-refractivity contribution < 1.29 is 4.74 Å². The lowest BCUT2D eigenvalue weighted by atomic mass is 9.93. The summed E-state index contributed by atoms with van der Waals surface area (Å²) in [5.41, 5.74) is 5.13. The summed E-state index contributed by atoms with van der Waals surface area (Å²) in [5.74, 6) is 1.55. The summed E-state index contributed by atoms with van der Waals surface area (Å²) in [7, 11) is 0. The van der Waals surface area contributed by atoms with E-state index in [0.717, 1.165) is 29.8 Å². The smallest absolute Gasteiger partial charge is 0.122 e. The van der Waals surface area contributed by atoms with Gasteiger partial charge >= 0.3 is 0 Å². The molecule has 0 spiro atoms. The number of benzene rings is 2. The lowest BCUT2D eigenvalue weighted by Gasteiger charge is -2.27. The van der Waals surface area contributed by atoms with Gasteiger partial charge in [-0.3, -0.25) is 0 Å². The van der Waals surface area contributed by atoms with Crippen molar-refractivity contribution in [2.75, 3.05) is 18.5 Å². The van der Waals surface area contributed by atoms with Crippen molar-refractivity contribution in [1.82, 2.24) is 0 Å². The van der Waals surface area contributed by atoms with Crippen LogP contribution in [-0.2, 0) is 0 Å². The van der Waals surface area contributed by atoms with Crippen LogP contribution in [0.2, 0.25) is 0 Å². The SMILES string of the molecule is Cc1cc(Br)cc(C)c1NCC1CCOc2ccccc21. The second-order valence-corrected chi connectivity index (χ2v) is 6.58. The van der Waals surface area contributed by atoms with E-state index in [1.807, 2.05) is 6.07 Å². The van der Waals surface area contributed by atoms with Crippen LogP contribution in [0.3, 0.4) is 0 Å². The van der Waals surface area contributed by atoms with Crippen LogP contribution in [-0.4, -0.2) is 13.2 Å². The van der Waals surface area contributed by atoms with E-state index in [0.29, 0.717) is 5.92 Å². The van der Waals surface area contributed by atoms with Crippen LogP contribution in [0.5, 0.6) is 5.75 Å². The van der Waals surface area contributed by atoms with Crippen LogP contribution in [0.1, 0.15) is 29.0 Å². The Bertz CT molecular complexity index is 630. The molecule has 2 aromatic rings. The average molecular weight is 346 g/mol. The van der Waals surface area contributed by atoms with Gasteiger partial charge in [0.05, 0.1) is 6.61 Å². The molecule has 0 saturated heterocycles. The zero-order valence-electron chi connectivity index (χ0n) is 12.4. The molecule has 0 bridgehead atoms. The molecule has 1 N–H and O–H groups in total. The Morgan fingerprint density at radius 2 is 1.90 bits per heavy atom. The number of rotatable bonds is 3. The molecule has 2 aromatic carbocycles. The van der Waals surface area contributed by atoms with Crippen LogP contribution in [0.25, 0.3) is 0 Å². The fourth-order valence-electron chi connectivity index (χ4n) is 3.04. The highest BCUT2D eigenvalue weighted by Gasteiger charge is 2.21. The van der Waals surface area contributed by atoms with E-state index in [-0.39, 0.29) is 0 Å². The quantitative estimate of drug-likeness (QED) is 0.840. The average Bonchev–Trinajstić information content (AvgIpc) is 2.46. The van der Waals surface area contributed by atoms with Crippen LogP contribution in [0.15, 0.2) is 40.9 Å². The second kappa shape index (κ2) is 6.10. The Morgan fingerprint density at radius 1 is 1.19 bits per heavy atom. The van der Waals surface area contributed by atoms with Gasteiger partial charge in [0.15, 0.2) is 0 Å². The first-order chi connectivity index (χ1) is 10.1. The van der Waals surface area contributed by atoms with Gasteiger partial charge in [-0.2, -0.15) is 0 Å². The number of aryl methyl sites for hydroxylation is 2. The zero-order chi connectivity index (χ0) is 14.8. The van der Waals surface area contributed by atoms with Crippen molar-refractivity contribution in [1.29, 1.82) is 0 Å². The van der Waals surface area contributed by atoms with Gasteiger partial charge < -0.3 is 10.1 Å². The number of fused-ring (bicyclic) bond motifs is 1. The van der Waals surface area contributed by atoms with Gasteiger partial charge in [0.2, 0.25) is 0 Å². The summed E-state index contributed by atoms with van der Waals surface area (Å²) >= 11 is 3.55. The van der Waals surface area contributed by atoms with E-state index in [2.05, 4.69) is 65.4 Å². The molecule has 1 aliphatic rings. The van der Waals surface area contributed by atoms with Crippen molar-refractivity contribution in [2.24, 2.45) is 0 Å². The van der Waals surface area contributed by atoms with Crippen molar-refractivity contribution in [2.45, 2.75) is 26.2 Å². The van der Waals surface area contributed by atoms with Gasteiger partial charge in [0, 0.05) is 22.6 Å². The number of anilines is 1. The van der Waals surface area contributed by atoms with Crippen LogP contribution in [0, 0.1) is 13.8 Å². The summed E-state index contributed by atoms with van der Waals surface area (Å²) in [6, 6.07) is 12.7. The summed E-state index contributed by atoms with van der Waals surface area (Å²) < 4.78 is 6.87. The molecule has 0 radical (unpaired) electrons. The molecule has 1 heterocycles. The monoisotopic (exact) mass is 345 g/mol. The fourth-order valence-corrected chi connectivity index (χ4v) is 3.73. The molecule has 0 aromatic heterocycles. The maximum atomic E-state index is 5.73. The molecule has 3 rings (SSSR count). The molecule has 1 atom stereocenters. The minimum Gasteiger partial charge on any atom is -0.493 e. The number of hydrogen-bond acceptors (Lipinski definition) is 2. The highest BCUT2D eigenvalue weighted by Crippen LogP contribution is 2.34. The number of hydrogen-bond donors (Lipinski definition) is 1. The molecule has 21 heavy (non-hydrogen) atoms. The minimum absolute atomic E-state index is 0.511. The van der Waals surface area contributed by atoms with Gasteiger partial charge in [-0.1, -0.05) is 34.1 Å². The van der Waals surface area contributed by atoms with Crippen LogP contribution >= 0.6 is 15.9 Å². The topological polar surface area (TPSA) is 21.3 Å². The standard InChI is InChI=1S/C18H20BrNO/c1-12-9-15(19)10-13(2)18(12)20-11-14-7-8-21-17-6-4-3-5-16(14)17/h3-6,9-10,14,20H,7-8,11H2,1-2H3. The van der Waals surface area contributed by atoms with Crippen LogP contribution < -0.4 is 10.1 Å². The van der Waals surface area contributed by atoms with Gasteiger partial charge in [-0.15, -0.1) is 0 Å². The van der Waals surface area contributed by atoms with E-state index in [1.165, 1.54) is 22.4 Å². The van der Waals surface area contributed by atoms with Crippen LogP contribution in [0.4, 0.5) is 5.69 Å². The highest BCUT2D eigenvalue weighted by molar-refractivity contribution is 9.10. The number of ether oxygens (including phenoxy) is 1. The summed E-state index contributed by atoms with van der Waals surface area (Å²) in [5, 5.41) is 3.64. The second-order valence-electron chi connectivity index (χ2n) is 5.67. The maximum absolute atomic E-state index is 5.73. The Kier molecular flexibility index (Phi) is 4.20.